The van der Waals surface area contributed by atoms with Crippen LogP contribution in [0.2, 0.25) is 0 Å². The molecule has 2 aromatic rings. The van der Waals surface area contributed by atoms with E-state index in [-0.39, 0.29) is 5.56 Å². The van der Waals surface area contributed by atoms with Crippen LogP contribution in [0.5, 0.6) is 0 Å². The van der Waals surface area contributed by atoms with E-state index >= 15 is 0 Å². The molecule has 1 saturated carbocycles. The lowest BCUT2D eigenvalue weighted by molar-refractivity contribution is -0.131. The maximum atomic E-state index is 12.2. The van der Waals surface area contributed by atoms with Gasteiger partial charge < -0.3 is 5.11 Å². The summed E-state index contributed by atoms with van der Waals surface area (Å²) >= 11 is 0. The molecule has 0 aliphatic heterocycles. The fourth-order valence-electron chi connectivity index (χ4n) is 2.07. The molecule has 19 heavy (non-hydrogen) atoms. The summed E-state index contributed by atoms with van der Waals surface area (Å²) in [5, 5.41) is 9.11. The van der Waals surface area contributed by atoms with E-state index in [1.54, 1.807) is 0 Å². The number of hydrogen-bond acceptors (Lipinski definition) is 3. The van der Waals surface area contributed by atoms with E-state index in [1.807, 2.05) is 18.2 Å². The second-order valence-corrected chi connectivity index (χ2v) is 4.66. The van der Waals surface area contributed by atoms with Gasteiger partial charge >= 0.3 is 5.97 Å². The van der Waals surface area contributed by atoms with E-state index in [4.69, 9.17) is 5.11 Å². The number of carboxylic acid groups (broad SMARTS) is 1. The molecule has 1 aliphatic carbocycles. The maximum Gasteiger partial charge on any atom is 0.329 e. The number of aliphatic carboxylic acids is 1. The van der Waals surface area contributed by atoms with Gasteiger partial charge in [0.15, 0.2) is 0 Å². The molecule has 1 fully saturated rings. The molecule has 0 atom stereocenters. The molecule has 0 spiro atoms. The largest absolute Gasteiger partial charge is 0.478 e. The normalized spacial score (nSPS) is 15.2. The Morgan fingerprint density at radius 1 is 1.42 bits per heavy atom. The third-order valence-electron chi connectivity index (χ3n) is 3.23. The molecule has 96 valence electrons. The maximum absolute atomic E-state index is 12.2. The molecule has 0 radical (unpaired) electrons. The van der Waals surface area contributed by atoms with Crippen molar-refractivity contribution in [2.45, 2.75) is 18.8 Å². The lowest BCUT2D eigenvalue weighted by Crippen LogP contribution is -2.16. The van der Waals surface area contributed by atoms with Gasteiger partial charge in [-0.3, -0.25) is 9.36 Å². The van der Waals surface area contributed by atoms with Gasteiger partial charge in [-0.15, -0.1) is 0 Å². The van der Waals surface area contributed by atoms with Gasteiger partial charge in [0.05, 0.1) is 10.9 Å². The second kappa shape index (κ2) is 4.35. The van der Waals surface area contributed by atoms with Crippen LogP contribution in [0.3, 0.4) is 0 Å². The Morgan fingerprint density at radius 3 is 2.89 bits per heavy atom. The van der Waals surface area contributed by atoms with Crippen molar-refractivity contribution in [3.8, 4) is 0 Å². The molecule has 5 heteroatoms. The van der Waals surface area contributed by atoms with Gasteiger partial charge in [-0.1, -0.05) is 6.07 Å². The van der Waals surface area contributed by atoms with Crippen LogP contribution >= 0.6 is 0 Å². The van der Waals surface area contributed by atoms with Crippen molar-refractivity contribution >= 4 is 23.1 Å². The van der Waals surface area contributed by atoms with Crippen molar-refractivity contribution in [1.29, 1.82) is 0 Å². The molecule has 1 aromatic heterocycles. The van der Waals surface area contributed by atoms with Crippen LogP contribution in [0.4, 0.5) is 0 Å². The molecule has 5 nitrogen and oxygen atoms in total. The molecule has 0 saturated heterocycles. The van der Waals surface area contributed by atoms with E-state index in [9.17, 15) is 9.59 Å². The highest BCUT2D eigenvalue weighted by Crippen LogP contribution is 2.40. The molecule has 1 heterocycles. The van der Waals surface area contributed by atoms with Gasteiger partial charge in [-0.2, -0.15) is 0 Å². The molecule has 0 bridgehead atoms. The third kappa shape index (κ3) is 2.27. The van der Waals surface area contributed by atoms with Crippen LogP contribution < -0.4 is 5.56 Å². The van der Waals surface area contributed by atoms with Crippen molar-refractivity contribution in [3.63, 3.8) is 0 Å². The highest BCUT2D eigenvalue weighted by Gasteiger charge is 2.23. The van der Waals surface area contributed by atoms with Crippen molar-refractivity contribution in [3.05, 3.63) is 46.5 Å². The van der Waals surface area contributed by atoms with Gasteiger partial charge in [0, 0.05) is 12.3 Å². The van der Waals surface area contributed by atoms with Gasteiger partial charge in [0.25, 0.3) is 5.56 Å². The number of carbonyl (C=O) groups is 1. The fourth-order valence-corrected chi connectivity index (χ4v) is 2.07. The molecule has 0 unspecified atom stereocenters. The Labute approximate surface area is 108 Å². The van der Waals surface area contributed by atoms with Crippen LogP contribution in [0, 0.1) is 0 Å². The number of benzene rings is 1. The van der Waals surface area contributed by atoms with E-state index < -0.39 is 5.97 Å². The first-order chi connectivity index (χ1) is 9.15. The number of hydrogen-bond donors (Lipinski definition) is 1. The fraction of sp³-hybridized carbons (Fsp3) is 0.214. The molecule has 1 aromatic carbocycles. The third-order valence-corrected chi connectivity index (χ3v) is 3.23. The Bertz CT molecular complexity index is 742. The van der Waals surface area contributed by atoms with Crippen LogP contribution in [0.15, 0.2) is 35.4 Å². The van der Waals surface area contributed by atoms with Gasteiger partial charge in [-0.05, 0) is 36.5 Å². The summed E-state index contributed by atoms with van der Waals surface area (Å²) in [6.45, 7) is 0. The summed E-state index contributed by atoms with van der Waals surface area (Å²) in [6, 6.07) is 5.72. The molecular formula is C14H12N2O3. The zero-order valence-corrected chi connectivity index (χ0v) is 10.1. The Hall–Kier alpha value is -2.43. The Balaban J connectivity index is 2.13. The average molecular weight is 256 g/mol. The molecular weight excluding hydrogens is 244 g/mol. The minimum absolute atomic E-state index is 0.245. The zero-order valence-electron chi connectivity index (χ0n) is 10.1. The summed E-state index contributed by atoms with van der Waals surface area (Å²) in [4.78, 5) is 26.9. The predicted molar refractivity (Wildman–Crippen MR) is 70.9 cm³/mol. The quantitative estimate of drug-likeness (QED) is 0.850. The SMILES string of the molecule is O=C(O)C=Cn1cnc2ccc(C3CC3)cc2c1=O. The summed E-state index contributed by atoms with van der Waals surface area (Å²) < 4.78 is 1.19. The summed E-state index contributed by atoms with van der Waals surface area (Å²) in [5.41, 5.74) is 1.55. The van der Waals surface area contributed by atoms with Crippen LogP contribution in [-0.2, 0) is 4.79 Å². The standard InChI is InChI=1S/C14H12N2O3/c17-13(18)5-6-16-8-15-12-4-3-10(9-1-2-9)7-11(12)14(16)19/h3-9H,1-2H2,(H,17,18). The van der Waals surface area contributed by atoms with E-state index in [0.29, 0.717) is 16.8 Å². The van der Waals surface area contributed by atoms with Crippen LogP contribution in [0.1, 0.15) is 24.3 Å². The summed E-state index contributed by atoms with van der Waals surface area (Å²) in [7, 11) is 0. The number of fused-ring (bicyclic) bond motifs is 1. The minimum Gasteiger partial charge on any atom is -0.478 e. The first-order valence-electron chi connectivity index (χ1n) is 6.07. The Morgan fingerprint density at radius 2 is 2.21 bits per heavy atom. The molecule has 0 amide bonds. The minimum atomic E-state index is -1.10. The van der Waals surface area contributed by atoms with Gasteiger partial charge in [0.2, 0.25) is 0 Å². The second-order valence-electron chi connectivity index (χ2n) is 4.66. The monoisotopic (exact) mass is 256 g/mol. The van der Waals surface area contributed by atoms with Crippen molar-refractivity contribution in [1.82, 2.24) is 9.55 Å². The van der Waals surface area contributed by atoms with Crippen molar-refractivity contribution in [2.75, 3.05) is 0 Å². The van der Waals surface area contributed by atoms with Gasteiger partial charge in [-0.25, -0.2) is 9.78 Å². The summed E-state index contributed by atoms with van der Waals surface area (Å²) in [6.07, 6.45) is 5.79. The topological polar surface area (TPSA) is 72.2 Å². The van der Waals surface area contributed by atoms with Crippen LogP contribution in [-0.4, -0.2) is 20.6 Å². The van der Waals surface area contributed by atoms with Crippen molar-refractivity contribution < 1.29 is 9.90 Å². The first kappa shape index (κ1) is 11.6. The van der Waals surface area contributed by atoms with E-state index in [1.165, 1.54) is 29.9 Å². The first-order valence-corrected chi connectivity index (χ1v) is 6.07. The van der Waals surface area contributed by atoms with Crippen LogP contribution in [0.25, 0.3) is 17.1 Å². The number of carboxylic acids is 1. The predicted octanol–water partition coefficient (Wildman–Crippen LogP) is 1.83. The molecule has 3 rings (SSSR count). The molecule has 1 N–H and O–H groups in total. The zero-order chi connectivity index (χ0) is 13.4. The van der Waals surface area contributed by atoms with E-state index in [0.717, 1.165) is 11.6 Å². The van der Waals surface area contributed by atoms with E-state index in [2.05, 4.69) is 4.98 Å². The summed E-state index contributed by atoms with van der Waals surface area (Å²) in [5.74, 6) is -0.536. The van der Waals surface area contributed by atoms with Gasteiger partial charge in [0.1, 0.15) is 6.33 Å². The molecule has 1 aliphatic rings. The number of rotatable bonds is 3. The van der Waals surface area contributed by atoms with Crippen molar-refractivity contribution in [2.24, 2.45) is 0 Å². The lowest BCUT2D eigenvalue weighted by atomic mass is 10.1. The Kier molecular flexibility index (Phi) is 2.67. The highest BCUT2D eigenvalue weighted by atomic mass is 16.4. The number of aromatic nitrogens is 2. The average Bonchev–Trinajstić information content (AvgIpc) is 3.22. The smallest absolute Gasteiger partial charge is 0.329 e. The number of nitrogens with zero attached hydrogens (tertiary/aromatic N) is 2. The lowest BCUT2D eigenvalue weighted by Gasteiger charge is -2.03. The highest BCUT2D eigenvalue weighted by molar-refractivity contribution is 5.83.